The van der Waals surface area contributed by atoms with E-state index < -0.39 is 33.5 Å². The Labute approximate surface area is 349 Å². The molecule has 1 N–H and O–H groups in total. The SMILES string of the molecule is CC1=Cc2cc(C(C)(C)C)cc([Si](C)(C)Nc3ccc(C)cc3)c2C1.Cc1ccc([N-][Si](C)(C)C2=CC(C(C)(C)C)=CC3CC(C)CC23)cc1.[CH3-].[Cl][Ti][Cl]. The van der Waals surface area contributed by atoms with Gasteiger partial charge >= 0.3 is 35.6 Å². The van der Waals surface area contributed by atoms with Gasteiger partial charge in [0.1, 0.15) is 0 Å². The van der Waals surface area contributed by atoms with E-state index in [0.717, 1.165) is 29.9 Å². The minimum absolute atomic E-state index is 0. The zero-order valence-electron chi connectivity index (χ0n) is 36.1. The molecule has 1 fully saturated rings. The molecule has 0 amide bonds. The first-order chi connectivity index (χ1) is 24.5. The van der Waals surface area contributed by atoms with Crippen molar-refractivity contribution in [3.8, 4) is 0 Å². The number of aryl methyl sites for hydroxylation is 2. The van der Waals surface area contributed by atoms with E-state index in [-0.39, 0.29) is 18.3 Å². The summed E-state index contributed by atoms with van der Waals surface area (Å²) < 4.78 is 0. The van der Waals surface area contributed by atoms with E-state index in [1.807, 2.05) is 0 Å². The number of hydrogen-bond donors (Lipinski definition) is 1. The third-order valence-electron chi connectivity index (χ3n) is 11.2. The molecule has 0 spiro atoms. The van der Waals surface area contributed by atoms with Crippen molar-refractivity contribution in [3.05, 3.63) is 129 Å². The van der Waals surface area contributed by atoms with Crippen LogP contribution in [0.15, 0.2) is 89.2 Å². The molecule has 0 saturated heterocycles. The molecule has 54 heavy (non-hydrogen) atoms. The molecule has 7 heteroatoms. The van der Waals surface area contributed by atoms with Crippen LogP contribution in [0.1, 0.15) is 96.0 Å². The van der Waals surface area contributed by atoms with Gasteiger partial charge in [-0.25, -0.2) is 0 Å². The Morgan fingerprint density at radius 1 is 0.778 bits per heavy atom. The van der Waals surface area contributed by atoms with E-state index in [4.69, 9.17) is 23.6 Å². The number of anilines is 1. The Kier molecular flexibility index (Phi) is 16.1. The van der Waals surface area contributed by atoms with Gasteiger partial charge < -0.3 is 17.4 Å². The van der Waals surface area contributed by atoms with Crippen molar-refractivity contribution in [3.63, 3.8) is 0 Å². The zero-order valence-corrected chi connectivity index (χ0v) is 41.1. The number of rotatable bonds is 6. The van der Waals surface area contributed by atoms with Crippen molar-refractivity contribution in [2.24, 2.45) is 23.2 Å². The second-order valence-corrected chi connectivity index (χ2v) is 29.6. The molecule has 3 unspecified atom stereocenters. The summed E-state index contributed by atoms with van der Waals surface area (Å²) in [4.78, 5) is 9.20. The minimum atomic E-state index is -1.85. The van der Waals surface area contributed by atoms with E-state index in [1.165, 1.54) is 51.9 Å². The maximum absolute atomic E-state index is 5.30. The van der Waals surface area contributed by atoms with Crippen LogP contribution in [0.4, 0.5) is 11.4 Å². The first-order valence-corrected chi connectivity index (χ1v) is 29.7. The first kappa shape index (κ1) is 46.6. The quantitative estimate of drug-likeness (QED) is 0.194. The molecule has 0 heterocycles. The van der Waals surface area contributed by atoms with Gasteiger partial charge in [0, 0.05) is 5.69 Å². The van der Waals surface area contributed by atoms with Crippen LogP contribution in [0, 0.1) is 44.4 Å². The molecule has 0 aromatic heterocycles. The van der Waals surface area contributed by atoms with Gasteiger partial charge in [-0.1, -0.05) is 150 Å². The molecule has 3 atom stereocenters. The zero-order chi connectivity index (χ0) is 39.5. The summed E-state index contributed by atoms with van der Waals surface area (Å²) in [5.74, 6) is 2.28. The van der Waals surface area contributed by atoms with Crippen molar-refractivity contribution < 1.29 is 17.0 Å². The van der Waals surface area contributed by atoms with Crippen LogP contribution in [0.5, 0.6) is 0 Å². The number of halogens is 2. The van der Waals surface area contributed by atoms with Crippen molar-refractivity contribution in [1.82, 2.24) is 0 Å². The summed E-state index contributed by atoms with van der Waals surface area (Å²) in [6.07, 6.45) is 11.3. The van der Waals surface area contributed by atoms with Crippen LogP contribution < -0.4 is 10.2 Å². The molecule has 3 aliphatic rings. The van der Waals surface area contributed by atoms with Crippen molar-refractivity contribution >= 4 is 57.7 Å². The summed E-state index contributed by atoms with van der Waals surface area (Å²) in [5, 5.41) is 3.23. The monoisotopic (exact) mass is 834 g/mol. The standard InChI is InChI=1S/C23H34NSi.C23H31NSi.CH3.2ClH.Ti/c2*1-16-8-10-20(11-9-16)24-25(6,7)22-15-19(23(3,4)5)14-18-12-17(2)13-21(18)22;;;;/h8-11,14-15,17-18,21H,12-13H2,1-7H3;8-12,14-15,24H,13H2,1-7H3;1H3;2*1H;/q-1;;-1;;;+2/p-2. The van der Waals surface area contributed by atoms with Crippen LogP contribution in [0.2, 0.25) is 26.2 Å². The van der Waals surface area contributed by atoms with Gasteiger partial charge in [-0.3, -0.25) is 0 Å². The summed E-state index contributed by atoms with van der Waals surface area (Å²) in [7, 11) is 6.11. The first-order valence-electron chi connectivity index (χ1n) is 19.4. The van der Waals surface area contributed by atoms with E-state index in [9.17, 15) is 0 Å². The molecule has 1 saturated carbocycles. The molecule has 3 aliphatic carbocycles. The molecule has 3 aromatic rings. The van der Waals surface area contributed by atoms with Crippen LogP contribution >= 0.6 is 18.6 Å². The molecule has 0 aliphatic heterocycles. The number of allylic oxidation sites excluding steroid dienone is 5. The van der Waals surface area contributed by atoms with E-state index in [2.05, 4.69) is 179 Å². The predicted octanol–water partition coefficient (Wildman–Crippen LogP) is 14.9. The molecule has 0 radical (unpaired) electrons. The van der Waals surface area contributed by atoms with E-state index >= 15 is 0 Å². The predicted molar refractivity (Wildman–Crippen MR) is 245 cm³/mol. The Hall–Kier alpha value is -1.79. The average molecular weight is 836 g/mol. The molecular weight excluding hydrogens is 767 g/mol. The number of nitrogens with zero attached hydrogens (tertiary/aromatic N) is 1. The summed E-state index contributed by atoms with van der Waals surface area (Å²) in [5.41, 5.74) is 12.8. The molecule has 6 rings (SSSR count). The number of fused-ring (bicyclic) bond motifs is 2. The fourth-order valence-electron chi connectivity index (χ4n) is 8.20. The Bertz CT molecular complexity index is 1810. The summed E-state index contributed by atoms with van der Waals surface area (Å²) in [6.45, 7) is 32.7. The van der Waals surface area contributed by atoms with Gasteiger partial charge in [-0.2, -0.15) is 0 Å². The van der Waals surface area contributed by atoms with Crippen molar-refractivity contribution in [2.45, 2.75) is 120 Å². The van der Waals surface area contributed by atoms with Gasteiger partial charge in [0.2, 0.25) is 0 Å². The van der Waals surface area contributed by atoms with Gasteiger partial charge in [-0.15, -0.1) is 5.69 Å². The summed E-state index contributed by atoms with van der Waals surface area (Å²) in [6, 6.07) is 22.4. The molecule has 294 valence electrons. The van der Waals surface area contributed by atoms with E-state index in [0.29, 0.717) is 0 Å². The molecular formula is C47H68Cl2N2Si2Ti-2. The molecule has 2 nitrogen and oxygen atoms in total. The van der Waals surface area contributed by atoms with Crippen LogP contribution in [-0.2, 0) is 28.9 Å². The second-order valence-electron chi connectivity index (χ2n) is 19.0. The van der Waals surface area contributed by atoms with Crippen LogP contribution in [0.3, 0.4) is 0 Å². The topological polar surface area (TPSA) is 26.1 Å². The number of nitrogens with one attached hydrogen (secondary N) is 1. The van der Waals surface area contributed by atoms with Gasteiger partial charge in [-0.05, 0) is 130 Å². The Balaban J connectivity index is 0.000000266. The van der Waals surface area contributed by atoms with Crippen LogP contribution in [-0.4, -0.2) is 16.5 Å². The third-order valence-corrected chi connectivity index (χ3v) is 16.6. The Morgan fingerprint density at radius 3 is 1.87 bits per heavy atom. The van der Waals surface area contributed by atoms with Gasteiger partial charge in [0.15, 0.2) is 8.24 Å². The average Bonchev–Trinajstić information content (AvgIpc) is 3.62. The van der Waals surface area contributed by atoms with Crippen LogP contribution in [0.25, 0.3) is 11.1 Å². The molecule has 0 bridgehead atoms. The fraction of sp³-hybridized carbons (Fsp3) is 0.468. The van der Waals surface area contributed by atoms with Crippen molar-refractivity contribution in [1.29, 1.82) is 0 Å². The summed E-state index contributed by atoms with van der Waals surface area (Å²) >= 11 is -0.556. The second kappa shape index (κ2) is 18.6. The number of benzene rings is 3. The fourth-order valence-corrected chi connectivity index (χ4v) is 13.4. The normalized spacial score (nSPS) is 19.3. The van der Waals surface area contributed by atoms with Gasteiger partial charge in [0.25, 0.3) is 0 Å². The maximum atomic E-state index is 5.30. The van der Waals surface area contributed by atoms with Crippen molar-refractivity contribution in [2.75, 3.05) is 4.98 Å². The number of hydrogen-bond acceptors (Lipinski definition) is 1. The van der Waals surface area contributed by atoms with E-state index in [1.54, 1.807) is 15.9 Å². The van der Waals surface area contributed by atoms with Gasteiger partial charge in [0.05, 0.1) is 0 Å². The Morgan fingerprint density at radius 2 is 1.33 bits per heavy atom. The third kappa shape index (κ3) is 12.1. The molecule has 3 aromatic carbocycles.